The molecule has 0 fully saturated rings. The van der Waals surface area contributed by atoms with E-state index in [0.717, 1.165) is 18.8 Å². The van der Waals surface area contributed by atoms with Crippen molar-refractivity contribution in [1.29, 1.82) is 0 Å². The molecule has 1 heterocycles. The van der Waals surface area contributed by atoms with E-state index in [2.05, 4.69) is 43.4 Å². The average molecular weight is 230 g/mol. The number of aromatic nitrogens is 1. The van der Waals surface area contributed by atoms with Gasteiger partial charge in [-0.2, -0.15) is 0 Å². The Morgan fingerprint density at radius 3 is 2.53 bits per heavy atom. The summed E-state index contributed by atoms with van der Waals surface area (Å²) in [5, 5.41) is 7.23. The van der Waals surface area contributed by atoms with Crippen LogP contribution in [0.25, 0.3) is 0 Å². The quantitative estimate of drug-likeness (QED) is 0.877. The summed E-state index contributed by atoms with van der Waals surface area (Å²) in [5.41, 5.74) is 6.31. The molecule has 0 unspecified atom stereocenters. The summed E-state index contributed by atoms with van der Waals surface area (Å²) in [7, 11) is 0. The molecule has 0 spiro atoms. The van der Waals surface area contributed by atoms with Crippen molar-refractivity contribution in [2.24, 2.45) is 0 Å². The molecule has 2 rings (SSSR count). The fourth-order valence-electron chi connectivity index (χ4n) is 1.86. The normalized spacial score (nSPS) is 10.8. The maximum absolute atomic E-state index is 4.79. The minimum atomic E-state index is 0.739. The third-order valence-electron chi connectivity index (χ3n) is 3.07. The Labute approximate surface area is 102 Å². The lowest BCUT2D eigenvalue weighted by Gasteiger charge is -2.10. The molecule has 3 heteroatoms. The van der Waals surface area contributed by atoms with Gasteiger partial charge in [0.15, 0.2) is 0 Å². The van der Waals surface area contributed by atoms with Crippen LogP contribution in [0, 0.1) is 20.8 Å². The minimum Gasteiger partial charge on any atom is -0.364 e. The molecule has 0 aliphatic carbocycles. The summed E-state index contributed by atoms with van der Waals surface area (Å²) >= 11 is 0. The number of hydrogen-bond donors (Lipinski definition) is 1. The van der Waals surface area contributed by atoms with Crippen molar-refractivity contribution in [3.8, 4) is 0 Å². The molecule has 0 saturated heterocycles. The summed E-state index contributed by atoms with van der Waals surface area (Å²) < 4.78 is 4.79. The maximum Gasteiger partial charge on any atom is 0.124 e. The Morgan fingerprint density at radius 1 is 1.06 bits per heavy atom. The fraction of sp³-hybridized carbons (Fsp3) is 0.357. The second kappa shape index (κ2) is 5.15. The number of nitrogens with one attached hydrogen (secondary N) is 1. The van der Waals surface area contributed by atoms with Crippen molar-refractivity contribution in [2.45, 2.75) is 33.9 Å². The zero-order valence-electron chi connectivity index (χ0n) is 10.6. The molecule has 1 aromatic carbocycles. The van der Waals surface area contributed by atoms with E-state index in [9.17, 15) is 0 Å². The predicted octanol–water partition coefficient (Wildman–Crippen LogP) is 2.89. The standard InChI is InChI=1S/C14H18N2O/c1-10-6-12(3)13(7-11(10)2)8-15-9-14-4-5-17-16-14/h4-7,15H,8-9H2,1-3H3. The molecule has 90 valence electrons. The molecule has 1 aromatic heterocycles. The topological polar surface area (TPSA) is 38.1 Å². The van der Waals surface area contributed by atoms with Gasteiger partial charge in [0, 0.05) is 19.2 Å². The molecule has 0 atom stereocenters. The first-order valence-corrected chi connectivity index (χ1v) is 5.83. The van der Waals surface area contributed by atoms with E-state index < -0.39 is 0 Å². The molecule has 2 aromatic rings. The Kier molecular flexibility index (Phi) is 3.59. The van der Waals surface area contributed by atoms with Gasteiger partial charge in [0.25, 0.3) is 0 Å². The molecular formula is C14H18N2O. The van der Waals surface area contributed by atoms with Gasteiger partial charge in [0.1, 0.15) is 6.26 Å². The summed E-state index contributed by atoms with van der Waals surface area (Å²) in [5.74, 6) is 0. The summed E-state index contributed by atoms with van der Waals surface area (Å²) in [6.07, 6.45) is 1.60. The predicted molar refractivity (Wildman–Crippen MR) is 67.7 cm³/mol. The average Bonchev–Trinajstić information content (AvgIpc) is 2.78. The summed E-state index contributed by atoms with van der Waals surface area (Å²) in [4.78, 5) is 0. The van der Waals surface area contributed by atoms with Crippen LogP contribution in [0.15, 0.2) is 29.0 Å². The third-order valence-corrected chi connectivity index (χ3v) is 3.07. The first-order chi connectivity index (χ1) is 8.16. The highest BCUT2D eigenvalue weighted by Gasteiger charge is 2.02. The number of benzene rings is 1. The lowest BCUT2D eigenvalue weighted by molar-refractivity contribution is 0.408. The molecule has 0 bridgehead atoms. The second-order valence-corrected chi connectivity index (χ2v) is 4.46. The zero-order chi connectivity index (χ0) is 12.3. The third kappa shape index (κ3) is 2.94. The molecule has 17 heavy (non-hydrogen) atoms. The van der Waals surface area contributed by atoms with E-state index in [1.165, 1.54) is 22.3 Å². The molecule has 0 radical (unpaired) electrons. The van der Waals surface area contributed by atoms with Gasteiger partial charge in [-0.05, 0) is 43.0 Å². The van der Waals surface area contributed by atoms with Crippen molar-refractivity contribution < 1.29 is 4.52 Å². The van der Waals surface area contributed by atoms with E-state index >= 15 is 0 Å². The van der Waals surface area contributed by atoms with Gasteiger partial charge in [0.2, 0.25) is 0 Å². The highest BCUT2D eigenvalue weighted by atomic mass is 16.5. The van der Waals surface area contributed by atoms with E-state index in [1.807, 2.05) is 6.07 Å². The fourth-order valence-corrected chi connectivity index (χ4v) is 1.86. The Balaban J connectivity index is 1.97. The number of nitrogens with zero attached hydrogens (tertiary/aromatic N) is 1. The Hall–Kier alpha value is -1.61. The first-order valence-electron chi connectivity index (χ1n) is 5.83. The molecule has 0 amide bonds. The molecule has 0 saturated carbocycles. The van der Waals surface area contributed by atoms with E-state index in [1.54, 1.807) is 6.26 Å². The van der Waals surface area contributed by atoms with Gasteiger partial charge in [-0.25, -0.2) is 0 Å². The molecule has 0 aliphatic heterocycles. The van der Waals surface area contributed by atoms with Crippen molar-refractivity contribution in [3.63, 3.8) is 0 Å². The van der Waals surface area contributed by atoms with Crippen LogP contribution in [0.3, 0.4) is 0 Å². The van der Waals surface area contributed by atoms with E-state index in [0.29, 0.717) is 0 Å². The van der Waals surface area contributed by atoms with Gasteiger partial charge < -0.3 is 9.84 Å². The Bertz CT molecular complexity index is 489. The van der Waals surface area contributed by atoms with E-state index in [4.69, 9.17) is 4.52 Å². The molecule has 1 N–H and O–H groups in total. The molecule has 3 nitrogen and oxygen atoms in total. The number of rotatable bonds is 4. The largest absolute Gasteiger partial charge is 0.364 e. The van der Waals surface area contributed by atoms with Crippen molar-refractivity contribution in [1.82, 2.24) is 10.5 Å². The number of hydrogen-bond acceptors (Lipinski definition) is 3. The lowest BCUT2D eigenvalue weighted by Crippen LogP contribution is -2.14. The highest BCUT2D eigenvalue weighted by molar-refractivity contribution is 5.36. The van der Waals surface area contributed by atoms with Gasteiger partial charge in [-0.3, -0.25) is 0 Å². The van der Waals surface area contributed by atoms with Crippen LogP contribution in [0.1, 0.15) is 27.9 Å². The van der Waals surface area contributed by atoms with Crippen LogP contribution in [-0.2, 0) is 13.1 Å². The van der Waals surface area contributed by atoms with Crippen molar-refractivity contribution in [3.05, 3.63) is 52.4 Å². The zero-order valence-corrected chi connectivity index (χ0v) is 10.6. The number of aryl methyl sites for hydroxylation is 3. The SMILES string of the molecule is Cc1cc(C)c(CNCc2ccon2)cc1C. The van der Waals surface area contributed by atoms with Crippen LogP contribution in [0.2, 0.25) is 0 Å². The highest BCUT2D eigenvalue weighted by Crippen LogP contribution is 2.15. The summed E-state index contributed by atoms with van der Waals surface area (Å²) in [6, 6.07) is 6.36. The Morgan fingerprint density at radius 2 is 1.82 bits per heavy atom. The van der Waals surface area contributed by atoms with E-state index in [-0.39, 0.29) is 0 Å². The minimum absolute atomic E-state index is 0.739. The maximum atomic E-state index is 4.79. The lowest BCUT2D eigenvalue weighted by atomic mass is 10.0. The van der Waals surface area contributed by atoms with Crippen LogP contribution in [-0.4, -0.2) is 5.16 Å². The van der Waals surface area contributed by atoms with Crippen LogP contribution in [0.5, 0.6) is 0 Å². The monoisotopic (exact) mass is 230 g/mol. The second-order valence-electron chi connectivity index (χ2n) is 4.46. The smallest absolute Gasteiger partial charge is 0.124 e. The summed E-state index contributed by atoms with van der Waals surface area (Å²) in [6.45, 7) is 8.05. The first kappa shape index (κ1) is 11.9. The van der Waals surface area contributed by atoms with Gasteiger partial charge in [-0.1, -0.05) is 17.3 Å². The van der Waals surface area contributed by atoms with Gasteiger partial charge in [0.05, 0.1) is 5.69 Å². The van der Waals surface area contributed by atoms with Crippen LogP contribution in [0.4, 0.5) is 0 Å². The van der Waals surface area contributed by atoms with Crippen LogP contribution < -0.4 is 5.32 Å². The van der Waals surface area contributed by atoms with Crippen molar-refractivity contribution in [2.75, 3.05) is 0 Å². The molecular weight excluding hydrogens is 212 g/mol. The van der Waals surface area contributed by atoms with Crippen molar-refractivity contribution >= 4 is 0 Å². The van der Waals surface area contributed by atoms with Gasteiger partial charge in [-0.15, -0.1) is 0 Å². The molecule has 0 aliphatic rings. The van der Waals surface area contributed by atoms with Gasteiger partial charge >= 0.3 is 0 Å². The van der Waals surface area contributed by atoms with Crippen LogP contribution >= 0.6 is 0 Å².